The number of hydrogen-bond donors (Lipinski definition) is 0. The van der Waals surface area contributed by atoms with Crippen LogP contribution in [0.1, 0.15) is 21.6 Å². The van der Waals surface area contributed by atoms with Crippen LogP contribution in [0.2, 0.25) is 0 Å². The molecule has 44 heavy (non-hydrogen) atoms. The fraction of sp³-hybridized carbons (Fsp3) is 0.188. The lowest BCUT2D eigenvalue weighted by Gasteiger charge is -2.17. The Hall–Kier alpha value is -5.26. The van der Waals surface area contributed by atoms with Crippen LogP contribution in [0.3, 0.4) is 0 Å². The van der Waals surface area contributed by atoms with E-state index >= 15 is 4.39 Å². The summed E-state index contributed by atoms with van der Waals surface area (Å²) in [6.45, 7) is 0.706. The third-order valence-corrected chi connectivity index (χ3v) is 6.92. The van der Waals surface area contributed by atoms with Gasteiger partial charge in [-0.1, -0.05) is 18.2 Å². The molecule has 0 saturated heterocycles. The van der Waals surface area contributed by atoms with Crippen molar-refractivity contribution in [3.8, 4) is 34.3 Å². The molecule has 8 nitrogen and oxygen atoms in total. The lowest BCUT2D eigenvalue weighted by atomic mass is 9.97. The highest BCUT2D eigenvalue weighted by atomic mass is 19.3. The van der Waals surface area contributed by atoms with Gasteiger partial charge in [0.15, 0.2) is 34.3 Å². The van der Waals surface area contributed by atoms with E-state index in [-0.39, 0.29) is 45.3 Å². The number of nitrogens with zero attached hydrogens (tertiary/aromatic N) is 3. The van der Waals surface area contributed by atoms with E-state index in [1.807, 2.05) is 0 Å². The van der Waals surface area contributed by atoms with Gasteiger partial charge in [-0.3, -0.25) is 14.6 Å². The number of rotatable bonds is 10. The molecule has 0 aliphatic carbocycles. The van der Waals surface area contributed by atoms with Gasteiger partial charge in [-0.05, 0) is 42.3 Å². The van der Waals surface area contributed by atoms with Gasteiger partial charge in [0.05, 0.1) is 31.8 Å². The van der Waals surface area contributed by atoms with Crippen molar-refractivity contribution >= 4 is 16.8 Å². The SMILES string of the molecule is COc1cc2nccc(Oc3ccc(CC(=O)c4cn(CC(F)F)c(C)c(-c5ccc(F)cc5)c4=O)cc3F)c2nc1OC. The molecule has 0 bridgehead atoms. The Labute approximate surface area is 248 Å². The predicted molar refractivity (Wildman–Crippen MR) is 154 cm³/mol. The van der Waals surface area contributed by atoms with E-state index in [9.17, 15) is 22.8 Å². The molecule has 3 heterocycles. The van der Waals surface area contributed by atoms with E-state index in [0.717, 1.165) is 29.0 Å². The first kappa shape index (κ1) is 30.2. The normalized spacial score (nSPS) is 11.2. The second-order valence-electron chi connectivity index (χ2n) is 9.73. The standard InChI is InChI=1S/C32H25F4N3O5/c1-17-29(19-5-7-20(33)8-6-19)31(41)21(15-39(17)16-28(35)36)24(40)13-18-4-9-25(22(34)12-18)44-26-10-11-37-23-14-27(42-2)32(43-3)38-30(23)26/h4-12,14-15,28H,13,16H2,1-3H3. The van der Waals surface area contributed by atoms with Crippen LogP contribution in [0.25, 0.3) is 22.2 Å². The summed E-state index contributed by atoms with van der Waals surface area (Å²) in [6, 6.07) is 11.9. The van der Waals surface area contributed by atoms with Gasteiger partial charge in [-0.25, -0.2) is 22.5 Å². The van der Waals surface area contributed by atoms with Crippen LogP contribution in [-0.2, 0) is 13.0 Å². The predicted octanol–water partition coefficient (Wildman–Crippen LogP) is 6.55. The van der Waals surface area contributed by atoms with Crippen LogP contribution in [0, 0.1) is 18.6 Å². The number of alkyl halides is 2. The third kappa shape index (κ3) is 6.10. The van der Waals surface area contributed by atoms with Gasteiger partial charge in [0.2, 0.25) is 0 Å². The lowest BCUT2D eigenvalue weighted by Crippen LogP contribution is -2.25. The summed E-state index contributed by atoms with van der Waals surface area (Å²) in [4.78, 5) is 35.3. The molecule has 3 aromatic heterocycles. The van der Waals surface area contributed by atoms with E-state index in [2.05, 4.69) is 9.97 Å². The maximum Gasteiger partial charge on any atom is 0.257 e. The first-order valence-electron chi connectivity index (χ1n) is 13.2. The van der Waals surface area contributed by atoms with Crippen molar-refractivity contribution < 1.29 is 36.6 Å². The third-order valence-electron chi connectivity index (χ3n) is 6.92. The topological polar surface area (TPSA) is 92.5 Å². The number of carbonyl (C=O) groups excluding carboxylic acids is 1. The molecule has 0 atom stereocenters. The number of ketones is 1. The number of ether oxygens (including phenoxy) is 3. The number of halogens is 4. The fourth-order valence-corrected chi connectivity index (χ4v) is 4.77. The Morgan fingerprint density at radius 2 is 1.70 bits per heavy atom. The van der Waals surface area contributed by atoms with Crippen LogP contribution < -0.4 is 19.6 Å². The molecule has 0 N–H and O–H groups in total. The Kier molecular flexibility index (Phi) is 8.61. The number of Topliss-reactive ketones (excluding diaryl/α,β-unsaturated/α-hetero) is 1. The number of hydrogen-bond acceptors (Lipinski definition) is 7. The van der Waals surface area contributed by atoms with E-state index in [4.69, 9.17) is 14.2 Å². The number of carbonyl (C=O) groups is 1. The zero-order valence-electron chi connectivity index (χ0n) is 23.7. The minimum absolute atomic E-state index is 0.00105. The smallest absolute Gasteiger partial charge is 0.257 e. The lowest BCUT2D eigenvalue weighted by molar-refractivity contribution is 0.0988. The zero-order chi connectivity index (χ0) is 31.5. The van der Waals surface area contributed by atoms with Gasteiger partial charge >= 0.3 is 0 Å². The summed E-state index contributed by atoms with van der Waals surface area (Å²) in [5.74, 6) is -1.51. The summed E-state index contributed by atoms with van der Waals surface area (Å²) in [5, 5.41) is 0. The van der Waals surface area contributed by atoms with Crippen molar-refractivity contribution in [2.75, 3.05) is 14.2 Å². The minimum Gasteiger partial charge on any atom is -0.491 e. The Balaban J connectivity index is 1.45. The second kappa shape index (κ2) is 12.5. The summed E-state index contributed by atoms with van der Waals surface area (Å²) < 4.78 is 72.8. The number of pyridine rings is 3. The molecule has 0 fully saturated rings. The van der Waals surface area contributed by atoms with Crippen LogP contribution in [0.5, 0.6) is 23.1 Å². The van der Waals surface area contributed by atoms with Crippen molar-refractivity contribution in [1.82, 2.24) is 14.5 Å². The molecule has 5 rings (SSSR count). The summed E-state index contributed by atoms with van der Waals surface area (Å²) in [7, 11) is 2.87. The van der Waals surface area contributed by atoms with Crippen LogP contribution in [-0.4, -0.2) is 41.0 Å². The summed E-state index contributed by atoms with van der Waals surface area (Å²) >= 11 is 0. The molecule has 5 aromatic rings. The van der Waals surface area contributed by atoms with E-state index in [1.165, 1.54) is 57.7 Å². The summed E-state index contributed by atoms with van der Waals surface area (Å²) in [6.07, 6.45) is -0.627. The second-order valence-corrected chi connectivity index (χ2v) is 9.73. The first-order chi connectivity index (χ1) is 21.1. The molecule has 0 amide bonds. The van der Waals surface area contributed by atoms with Crippen molar-refractivity contribution in [2.45, 2.75) is 26.3 Å². The Bertz CT molecular complexity index is 1930. The maximum atomic E-state index is 15.2. The monoisotopic (exact) mass is 607 g/mol. The first-order valence-corrected chi connectivity index (χ1v) is 13.2. The highest BCUT2D eigenvalue weighted by molar-refractivity contribution is 5.98. The quantitative estimate of drug-likeness (QED) is 0.131. The van der Waals surface area contributed by atoms with Gasteiger partial charge in [-0.2, -0.15) is 0 Å². The highest BCUT2D eigenvalue weighted by Crippen LogP contribution is 2.35. The highest BCUT2D eigenvalue weighted by Gasteiger charge is 2.22. The largest absolute Gasteiger partial charge is 0.491 e. The van der Waals surface area contributed by atoms with E-state index in [1.54, 1.807) is 6.07 Å². The van der Waals surface area contributed by atoms with Crippen molar-refractivity contribution in [2.24, 2.45) is 0 Å². The molecule has 0 saturated carbocycles. The number of methoxy groups -OCH3 is 2. The average molecular weight is 608 g/mol. The van der Waals surface area contributed by atoms with E-state index in [0.29, 0.717) is 16.8 Å². The van der Waals surface area contributed by atoms with Gasteiger partial charge in [0.25, 0.3) is 12.3 Å². The van der Waals surface area contributed by atoms with E-state index < -0.39 is 42.2 Å². The maximum absolute atomic E-state index is 15.2. The van der Waals surface area contributed by atoms with Gasteiger partial charge < -0.3 is 18.8 Å². The molecule has 226 valence electrons. The molecule has 12 heteroatoms. The molecular formula is C32H25F4N3O5. The van der Waals surface area contributed by atoms with Crippen molar-refractivity contribution in [3.63, 3.8) is 0 Å². The van der Waals surface area contributed by atoms with Gasteiger partial charge in [-0.15, -0.1) is 0 Å². The van der Waals surface area contributed by atoms with Crippen LogP contribution in [0.15, 0.2) is 71.8 Å². The minimum atomic E-state index is -2.77. The Morgan fingerprint density at radius 1 is 0.955 bits per heavy atom. The molecule has 2 aromatic carbocycles. The molecule has 0 spiro atoms. The molecule has 0 aliphatic rings. The van der Waals surface area contributed by atoms with Gasteiger partial charge in [0.1, 0.15) is 11.3 Å². The number of aromatic nitrogens is 3. The average Bonchev–Trinajstić information content (AvgIpc) is 3.00. The van der Waals surface area contributed by atoms with Gasteiger partial charge in [0, 0.05) is 42.2 Å². The van der Waals surface area contributed by atoms with Crippen LogP contribution in [0.4, 0.5) is 17.6 Å². The number of benzene rings is 2. The van der Waals surface area contributed by atoms with Crippen LogP contribution >= 0.6 is 0 Å². The molecule has 0 radical (unpaired) electrons. The molecule has 0 aliphatic heterocycles. The molecule has 0 unspecified atom stereocenters. The number of fused-ring (bicyclic) bond motifs is 1. The zero-order valence-corrected chi connectivity index (χ0v) is 23.7. The summed E-state index contributed by atoms with van der Waals surface area (Å²) in [5.41, 5.74) is 0.336. The fourth-order valence-electron chi connectivity index (χ4n) is 4.77. The molecular weight excluding hydrogens is 582 g/mol. The van der Waals surface area contributed by atoms with Crippen molar-refractivity contribution in [3.05, 3.63) is 106 Å². The van der Waals surface area contributed by atoms with Crippen molar-refractivity contribution in [1.29, 1.82) is 0 Å². The Morgan fingerprint density at radius 3 is 2.36 bits per heavy atom.